The number of sulfonamides is 1. The van der Waals surface area contributed by atoms with Gasteiger partial charge in [0.2, 0.25) is 10.0 Å². The maximum absolute atomic E-state index is 12.0. The summed E-state index contributed by atoms with van der Waals surface area (Å²) in [4.78, 5) is 23.9. The zero-order chi connectivity index (χ0) is 20.7. The molecule has 0 saturated heterocycles. The van der Waals surface area contributed by atoms with Crippen LogP contribution in [0.4, 0.5) is 0 Å². The molecule has 0 bridgehead atoms. The molecule has 0 aliphatic carbocycles. The van der Waals surface area contributed by atoms with Gasteiger partial charge in [-0.1, -0.05) is 24.3 Å². The standard InChI is InChI=1S/C19H22N2O6S/c1-13(15-6-8-17(9-7-15)28(20,24)25)21-18(22)12-27-19(23)11-14-4-3-5-16(10-14)26-2/h3-10,13H,11-12H2,1-2H3,(H,21,22)(H2,20,24,25)/t13-/m1/s1. The summed E-state index contributed by atoms with van der Waals surface area (Å²) in [6, 6.07) is 12.4. The van der Waals surface area contributed by atoms with Gasteiger partial charge in [0.05, 0.1) is 24.5 Å². The van der Waals surface area contributed by atoms with Gasteiger partial charge in [-0.25, -0.2) is 13.6 Å². The molecule has 3 N–H and O–H groups in total. The number of hydrogen-bond donors (Lipinski definition) is 2. The zero-order valence-electron chi connectivity index (χ0n) is 15.5. The van der Waals surface area contributed by atoms with Crippen molar-refractivity contribution in [1.29, 1.82) is 0 Å². The third kappa shape index (κ3) is 6.36. The Morgan fingerprint density at radius 1 is 1.14 bits per heavy atom. The quantitative estimate of drug-likeness (QED) is 0.637. The molecule has 8 nitrogen and oxygen atoms in total. The lowest BCUT2D eigenvalue weighted by Crippen LogP contribution is -2.31. The number of hydrogen-bond acceptors (Lipinski definition) is 6. The van der Waals surface area contributed by atoms with E-state index in [1.54, 1.807) is 43.3 Å². The monoisotopic (exact) mass is 406 g/mol. The van der Waals surface area contributed by atoms with E-state index in [-0.39, 0.29) is 11.3 Å². The maximum atomic E-state index is 12.0. The Balaban J connectivity index is 1.83. The lowest BCUT2D eigenvalue weighted by Gasteiger charge is -2.15. The van der Waals surface area contributed by atoms with Crippen molar-refractivity contribution in [1.82, 2.24) is 5.32 Å². The van der Waals surface area contributed by atoms with Crippen molar-refractivity contribution in [2.45, 2.75) is 24.3 Å². The van der Waals surface area contributed by atoms with Crippen molar-refractivity contribution in [3.8, 4) is 5.75 Å². The molecule has 0 aliphatic rings. The van der Waals surface area contributed by atoms with Gasteiger partial charge in [0, 0.05) is 0 Å². The van der Waals surface area contributed by atoms with Gasteiger partial charge < -0.3 is 14.8 Å². The first kappa shape index (κ1) is 21.4. The predicted octanol–water partition coefficient (Wildman–Crippen LogP) is 1.31. The maximum Gasteiger partial charge on any atom is 0.310 e. The molecular weight excluding hydrogens is 384 g/mol. The van der Waals surface area contributed by atoms with Crippen LogP contribution in [0.5, 0.6) is 5.75 Å². The normalized spacial score (nSPS) is 12.1. The summed E-state index contributed by atoms with van der Waals surface area (Å²) < 4.78 is 32.6. The molecule has 0 fully saturated rings. The lowest BCUT2D eigenvalue weighted by molar-refractivity contribution is -0.148. The largest absolute Gasteiger partial charge is 0.497 e. The average molecular weight is 406 g/mol. The summed E-state index contributed by atoms with van der Waals surface area (Å²) in [6.45, 7) is 1.31. The molecule has 9 heteroatoms. The fourth-order valence-corrected chi connectivity index (χ4v) is 2.97. The highest BCUT2D eigenvalue weighted by Gasteiger charge is 2.14. The number of benzene rings is 2. The third-order valence-corrected chi connectivity index (χ3v) is 4.86. The number of methoxy groups -OCH3 is 1. The summed E-state index contributed by atoms with van der Waals surface area (Å²) >= 11 is 0. The van der Waals surface area contributed by atoms with E-state index in [2.05, 4.69) is 5.32 Å². The van der Waals surface area contributed by atoms with Gasteiger partial charge in [0.1, 0.15) is 5.75 Å². The molecule has 0 aromatic heterocycles. The first-order chi connectivity index (χ1) is 13.2. The minimum atomic E-state index is -3.77. The van der Waals surface area contributed by atoms with Gasteiger partial charge in [0.25, 0.3) is 5.91 Å². The minimum Gasteiger partial charge on any atom is -0.497 e. The summed E-state index contributed by atoms with van der Waals surface area (Å²) in [7, 11) is -2.24. The number of amides is 1. The van der Waals surface area contributed by atoms with Crippen LogP contribution in [0, 0.1) is 0 Å². The summed E-state index contributed by atoms with van der Waals surface area (Å²) in [6.07, 6.45) is 0.0229. The highest BCUT2D eigenvalue weighted by Crippen LogP contribution is 2.16. The number of esters is 1. The van der Waals surface area contributed by atoms with E-state index in [9.17, 15) is 18.0 Å². The Morgan fingerprint density at radius 3 is 2.43 bits per heavy atom. The van der Waals surface area contributed by atoms with Crippen molar-refractivity contribution < 1.29 is 27.5 Å². The Bertz CT molecular complexity index is 941. The van der Waals surface area contributed by atoms with Gasteiger partial charge in [-0.3, -0.25) is 9.59 Å². The topological polar surface area (TPSA) is 125 Å². The van der Waals surface area contributed by atoms with Crippen LogP contribution in [0.15, 0.2) is 53.4 Å². The smallest absolute Gasteiger partial charge is 0.310 e. The van der Waals surface area contributed by atoms with Gasteiger partial charge in [-0.15, -0.1) is 0 Å². The molecule has 2 aromatic rings. The molecule has 2 rings (SSSR count). The van der Waals surface area contributed by atoms with Gasteiger partial charge in [0.15, 0.2) is 6.61 Å². The molecule has 28 heavy (non-hydrogen) atoms. The van der Waals surface area contributed by atoms with Crippen LogP contribution in [-0.2, 0) is 30.8 Å². The van der Waals surface area contributed by atoms with Crippen LogP contribution < -0.4 is 15.2 Å². The number of nitrogens with one attached hydrogen (secondary N) is 1. The number of nitrogens with two attached hydrogens (primary N) is 1. The second kappa shape index (κ2) is 9.34. The fourth-order valence-electron chi connectivity index (χ4n) is 2.46. The SMILES string of the molecule is COc1cccc(CC(=O)OCC(=O)N[C@H](C)c2ccc(S(N)(=O)=O)cc2)c1. The van der Waals surface area contributed by atoms with Gasteiger partial charge in [-0.05, 0) is 42.3 Å². The molecule has 0 spiro atoms. The number of ether oxygens (including phenoxy) is 2. The Labute approximate surface area is 163 Å². The van der Waals surface area contributed by atoms with Crippen molar-refractivity contribution in [3.05, 3.63) is 59.7 Å². The Morgan fingerprint density at radius 2 is 1.82 bits per heavy atom. The van der Waals surface area contributed by atoms with Gasteiger partial charge >= 0.3 is 5.97 Å². The van der Waals surface area contributed by atoms with Gasteiger partial charge in [-0.2, -0.15) is 0 Å². The highest BCUT2D eigenvalue weighted by atomic mass is 32.2. The molecule has 0 radical (unpaired) electrons. The number of carbonyl (C=O) groups excluding carboxylic acids is 2. The Kier molecular flexibility index (Phi) is 7.13. The molecule has 1 amide bonds. The lowest BCUT2D eigenvalue weighted by atomic mass is 10.1. The van der Waals surface area contributed by atoms with Crippen LogP contribution in [0.1, 0.15) is 24.1 Å². The van der Waals surface area contributed by atoms with E-state index in [0.717, 1.165) is 0 Å². The summed E-state index contributed by atoms with van der Waals surface area (Å²) in [5.41, 5.74) is 1.40. The van der Waals surface area contributed by atoms with E-state index < -0.39 is 34.5 Å². The fraction of sp³-hybridized carbons (Fsp3) is 0.263. The first-order valence-electron chi connectivity index (χ1n) is 8.39. The van der Waals surface area contributed by atoms with Crippen LogP contribution >= 0.6 is 0 Å². The van der Waals surface area contributed by atoms with E-state index >= 15 is 0 Å². The van der Waals surface area contributed by atoms with Crippen LogP contribution in [0.25, 0.3) is 0 Å². The first-order valence-corrected chi connectivity index (χ1v) is 9.94. The Hall–Kier alpha value is -2.91. The molecule has 2 aromatic carbocycles. The molecule has 0 heterocycles. The number of carbonyl (C=O) groups is 2. The van der Waals surface area contributed by atoms with Crippen LogP contribution in [0.2, 0.25) is 0 Å². The van der Waals surface area contributed by atoms with Crippen molar-refractivity contribution in [2.24, 2.45) is 5.14 Å². The molecule has 0 saturated carbocycles. The number of primary sulfonamides is 1. The molecule has 0 unspecified atom stereocenters. The molecule has 150 valence electrons. The zero-order valence-corrected chi connectivity index (χ0v) is 16.4. The van der Waals surface area contributed by atoms with E-state index in [1.807, 2.05) is 0 Å². The van der Waals surface area contributed by atoms with E-state index in [4.69, 9.17) is 14.6 Å². The third-order valence-electron chi connectivity index (χ3n) is 3.93. The van der Waals surface area contributed by atoms with E-state index in [0.29, 0.717) is 16.9 Å². The van der Waals surface area contributed by atoms with Crippen LogP contribution in [0.3, 0.4) is 0 Å². The second-order valence-electron chi connectivity index (χ2n) is 6.09. The summed E-state index contributed by atoms with van der Waals surface area (Å²) in [5, 5.41) is 7.72. The van der Waals surface area contributed by atoms with Crippen LogP contribution in [-0.4, -0.2) is 34.0 Å². The van der Waals surface area contributed by atoms with E-state index in [1.165, 1.54) is 19.2 Å². The predicted molar refractivity (Wildman–Crippen MR) is 102 cm³/mol. The van der Waals surface area contributed by atoms with Crippen molar-refractivity contribution in [3.63, 3.8) is 0 Å². The van der Waals surface area contributed by atoms with Crippen molar-refractivity contribution >= 4 is 21.9 Å². The molecular formula is C19H22N2O6S. The average Bonchev–Trinajstić information content (AvgIpc) is 2.66. The molecule has 1 atom stereocenters. The number of rotatable bonds is 8. The molecule has 0 aliphatic heterocycles. The highest BCUT2D eigenvalue weighted by molar-refractivity contribution is 7.89. The van der Waals surface area contributed by atoms with Crippen molar-refractivity contribution in [2.75, 3.05) is 13.7 Å². The minimum absolute atomic E-state index is 0.0127. The second-order valence-corrected chi connectivity index (χ2v) is 7.65. The summed E-state index contributed by atoms with van der Waals surface area (Å²) in [5.74, 6) is -0.374.